The fraction of sp³-hybridized carbons (Fsp3) is 0.500. The summed E-state index contributed by atoms with van der Waals surface area (Å²) in [4.78, 5) is 25.8. The number of aromatic nitrogens is 1. The van der Waals surface area contributed by atoms with Gasteiger partial charge in [-0.1, -0.05) is 11.6 Å². The van der Waals surface area contributed by atoms with E-state index in [4.69, 9.17) is 16.3 Å². The van der Waals surface area contributed by atoms with Crippen molar-refractivity contribution >= 4 is 23.2 Å². The average Bonchev–Trinajstić information content (AvgIpc) is 2.45. The first-order chi connectivity index (χ1) is 9.58. The minimum Gasteiger partial charge on any atom is -0.376 e. The van der Waals surface area contributed by atoms with Crippen LogP contribution in [0.1, 0.15) is 29.6 Å². The summed E-state index contributed by atoms with van der Waals surface area (Å²) in [5.74, 6) is -0.546. The van der Waals surface area contributed by atoms with E-state index in [1.165, 1.54) is 6.07 Å². The van der Waals surface area contributed by atoms with Crippen molar-refractivity contribution < 1.29 is 14.5 Å². The van der Waals surface area contributed by atoms with Gasteiger partial charge in [-0.3, -0.25) is 14.9 Å². The van der Waals surface area contributed by atoms with E-state index in [0.29, 0.717) is 13.2 Å². The molecule has 8 heteroatoms. The van der Waals surface area contributed by atoms with Gasteiger partial charge in [-0.2, -0.15) is 0 Å². The van der Waals surface area contributed by atoms with E-state index in [2.05, 4.69) is 10.3 Å². The molecule has 1 aromatic heterocycles. The second-order valence-electron chi connectivity index (χ2n) is 4.48. The number of carbonyl (C=O) groups excluding carboxylic acids is 1. The quantitative estimate of drug-likeness (QED) is 0.521. The number of rotatable bonds is 4. The van der Waals surface area contributed by atoms with Crippen molar-refractivity contribution in [3.05, 3.63) is 33.1 Å². The molecule has 0 saturated carbocycles. The van der Waals surface area contributed by atoms with Crippen molar-refractivity contribution in [3.8, 4) is 0 Å². The summed E-state index contributed by atoms with van der Waals surface area (Å²) < 4.78 is 5.48. The maximum Gasteiger partial charge on any atom is 0.300 e. The van der Waals surface area contributed by atoms with Crippen LogP contribution in [0.4, 0.5) is 5.69 Å². The lowest BCUT2D eigenvalue weighted by Crippen LogP contribution is -2.35. The lowest BCUT2D eigenvalue weighted by atomic mass is 10.1. The molecule has 7 nitrogen and oxygen atoms in total. The van der Waals surface area contributed by atoms with Gasteiger partial charge < -0.3 is 10.1 Å². The van der Waals surface area contributed by atoms with E-state index in [-0.39, 0.29) is 22.5 Å². The number of hydrogen-bond acceptors (Lipinski definition) is 5. The van der Waals surface area contributed by atoms with Crippen LogP contribution in [-0.2, 0) is 4.74 Å². The van der Waals surface area contributed by atoms with Crippen LogP contribution in [-0.4, -0.2) is 35.1 Å². The highest BCUT2D eigenvalue weighted by Gasteiger charge is 2.22. The van der Waals surface area contributed by atoms with Crippen molar-refractivity contribution in [3.63, 3.8) is 0 Å². The number of nitro groups is 1. The van der Waals surface area contributed by atoms with Crippen molar-refractivity contribution in [2.45, 2.75) is 25.4 Å². The molecule has 1 N–H and O–H groups in total. The van der Waals surface area contributed by atoms with Gasteiger partial charge in [0, 0.05) is 13.2 Å². The van der Waals surface area contributed by atoms with Crippen LogP contribution in [0.3, 0.4) is 0 Å². The zero-order valence-electron chi connectivity index (χ0n) is 10.7. The minimum atomic E-state index is -0.657. The molecule has 0 bridgehead atoms. The second kappa shape index (κ2) is 6.62. The Morgan fingerprint density at radius 1 is 1.60 bits per heavy atom. The lowest BCUT2D eigenvalue weighted by Gasteiger charge is -2.22. The number of pyridine rings is 1. The summed E-state index contributed by atoms with van der Waals surface area (Å²) in [5.41, 5.74) is -0.456. The lowest BCUT2D eigenvalue weighted by molar-refractivity contribution is -0.385. The third-order valence-electron chi connectivity index (χ3n) is 3.06. The molecule has 2 rings (SSSR count). The molecule has 1 amide bonds. The van der Waals surface area contributed by atoms with Gasteiger partial charge in [-0.15, -0.1) is 0 Å². The molecule has 1 aromatic rings. The molecule has 1 aliphatic heterocycles. The second-order valence-corrected chi connectivity index (χ2v) is 4.87. The molecule has 108 valence electrons. The standard InChI is InChI=1S/C12H14ClN3O4/c13-11-5-9(10(7-14-11)16(18)19)12(17)15-6-8-3-1-2-4-20-8/h5,7-8H,1-4,6H2,(H,15,17). The van der Waals surface area contributed by atoms with Gasteiger partial charge >= 0.3 is 0 Å². The first-order valence-electron chi connectivity index (χ1n) is 6.27. The summed E-state index contributed by atoms with van der Waals surface area (Å²) in [7, 11) is 0. The Balaban J connectivity index is 2.04. The van der Waals surface area contributed by atoms with E-state index < -0.39 is 10.8 Å². The van der Waals surface area contributed by atoms with Gasteiger partial charge in [-0.05, 0) is 25.3 Å². The zero-order valence-corrected chi connectivity index (χ0v) is 11.4. The Bertz CT molecular complexity index is 517. The van der Waals surface area contributed by atoms with Gasteiger partial charge in [0.05, 0.1) is 11.0 Å². The fourth-order valence-electron chi connectivity index (χ4n) is 2.02. The predicted octanol–water partition coefficient (Wildman–Crippen LogP) is 1.94. The van der Waals surface area contributed by atoms with Crippen LogP contribution >= 0.6 is 11.6 Å². The molecule has 1 fully saturated rings. The van der Waals surface area contributed by atoms with E-state index in [1.54, 1.807) is 0 Å². The largest absolute Gasteiger partial charge is 0.376 e. The monoisotopic (exact) mass is 299 g/mol. The van der Waals surface area contributed by atoms with Crippen LogP contribution in [0.15, 0.2) is 12.3 Å². The molecule has 1 saturated heterocycles. The van der Waals surface area contributed by atoms with E-state index in [9.17, 15) is 14.9 Å². The number of nitrogens with one attached hydrogen (secondary N) is 1. The average molecular weight is 300 g/mol. The third-order valence-corrected chi connectivity index (χ3v) is 3.26. The van der Waals surface area contributed by atoms with Gasteiger partial charge in [0.25, 0.3) is 11.6 Å². The molecule has 0 radical (unpaired) electrons. The predicted molar refractivity (Wildman–Crippen MR) is 71.8 cm³/mol. The number of halogens is 1. The van der Waals surface area contributed by atoms with E-state index in [1.807, 2.05) is 0 Å². The molecule has 0 aromatic carbocycles. The number of amides is 1. The number of nitrogens with zero attached hydrogens (tertiary/aromatic N) is 2. The molecular weight excluding hydrogens is 286 g/mol. The minimum absolute atomic E-state index is 0.0367. The molecule has 0 aliphatic carbocycles. The molecular formula is C12H14ClN3O4. The number of ether oxygens (including phenoxy) is 1. The third kappa shape index (κ3) is 3.64. The Kier molecular flexibility index (Phi) is 4.86. The highest BCUT2D eigenvalue weighted by Crippen LogP contribution is 2.20. The normalized spacial score (nSPS) is 18.6. The van der Waals surface area contributed by atoms with Crippen molar-refractivity contribution in [1.29, 1.82) is 0 Å². The Morgan fingerprint density at radius 3 is 3.05 bits per heavy atom. The summed E-state index contributed by atoms with van der Waals surface area (Å²) in [6.07, 6.45) is 3.90. The van der Waals surface area contributed by atoms with Gasteiger partial charge in [0.15, 0.2) is 0 Å². The summed E-state index contributed by atoms with van der Waals surface area (Å²) in [6.45, 7) is 1.01. The van der Waals surface area contributed by atoms with E-state index in [0.717, 1.165) is 25.5 Å². The fourth-order valence-corrected chi connectivity index (χ4v) is 2.18. The maximum absolute atomic E-state index is 12.0. The molecule has 20 heavy (non-hydrogen) atoms. The van der Waals surface area contributed by atoms with Crippen LogP contribution in [0.25, 0.3) is 0 Å². The van der Waals surface area contributed by atoms with Crippen LogP contribution in [0.2, 0.25) is 5.15 Å². The molecule has 0 spiro atoms. The summed E-state index contributed by atoms with van der Waals surface area (Å²) in [5, 5.41) is 13.5. The Morgan fingerprint density at radius 2 is 2.40 bits per heavy atom. The van der Waals surface area contributed by atoms with Crippen molar-refractivity contribution in [2.24, 2.45) is 0 Å². The topological polar surface area (TPSA) is 94.4 Å². The number of hydrogen-bond donors (Lipinski definition) is 1. The summed E-state index contributed by atoms with van der Waals surface area (Å²) in [6, 6.07) is 1.19. The highest BCUT2D eigenvalue weighted by molar-refractivity contribution is 6.29. The van der Waals surface area contributed by atoms with E-state index >= 15 is 0 Å². The van der Waals surface area contributed by atoms with Crippen LogP contribution in [0, 0.1) is 10.1 Å². The highest BCUT2D eigenvalue weighted by atomic mass is 35.5. The first-order valence-corrected chi connectivity index (χ1v) is 6.65. The maximum atomic E-state index is 12.0. The molecule has 1 atom stereocenters. The smallest absolute Gasteiger partial charge is 0.300 e. The molecule has 1 aliphatic rings. The van der Waals surface area contributed by atoms with Gasteiger partial charge in [-0.25, -0.2) is 4.98 Å². The molecule has 1 unspecified atom stereocenters. The first kappa shape index (κ1) is 14.7. The van der Waals surface area contributed by atoms with Crippen molar-refractivity contribution in [1.82, 2.24) is 10.3 Å². The Labute approximate surface area is 120 Å². The zero-order chi connectivity index (χ0) is 14.5. The Hall–Kier alpha value is -1.73. The SMILES string of the molecule is O=C(NCC1CCCCO1)c1cc(Cl)ncc1[N+](=O)[O-]. The van der Waals surface area contributed by atoms with Gasteiger partial charge in [0.1, 0.15) is 16.9 Å². The summed E-state index contributed by atoms with van der Waals surface area (Å²) >= 11 is 5.68. The molecule has 2 heterocycles. The van der Waals surface area contributed by atoms with Crippen LogP contribution < -0.4 is 5.32 Å². The number of carbonyl (C=O) groups is 1. The van der Waals surface area contributed by atoms with Crippen LogP contribution in [0.5, 0.6) is 0 Å². The van der Waals surface area contributed by atoms with Gasteiger partial charge in [0.2, 0.25) is 0 Å². The van der Waals surface area contributed by atoms with Crippen molar-refractivity contribution in [2.75, 3.05) is 13.2 Å².